The first-order chi connectivity index (χ1) is 16.6. The summed E-state index contributed by atoms with van der Waals surface area (Å²) in [5.41, 5.74) is 3.84. The number of benzene rings is 3. The van der Waals surface area contributed by atoms with Crippen molar-refractivity contribution in [3.05, 3.63) is 102 Å². The van der Waals surface area contributed by atoms with E-state index in [-0.39, 0.29) is 11.8 Å². The largest absolute Gasteiger partial charge is 0.341 e. The topological polar surface area (TPSA) is 64.7 Å². The molecule has 2 N–H and O–H groups in total. The monoisotopic (exact) mass is 456 g/mol. The molecule has 0 aliphatic carbocycles. The van der Waals surface area contributed by atoms with Crippen molar-refractivity contribution in [3.8, 4) is 0 Å². The number of amides is 2. The van der Waals surface area contributed by atoms with E-state index in [0.717, 1.165) is 45.0 Å². The Labute approximate surface area is 201 Å². The summed E-state index contributed by atoms with van der Waals surface area (Å²) in [6.45, 7) is 7.81. The number of nitrogens with one attached hydrogen (secondary N) is 2. The van der Waals surface area contributed by atoms with Crippen LogP contribution in [0.4, 0.5) is 5.69 Å². The second-order valence-electron chi connectivity index (χ2n) is 8.79. The van der Waals surface area contributed by atoms with Crippen molar-refractivity contribution < 1.29 is 9.59 Å². The molecule has 1 aliphatic heterocycles. The van der Waals surface area contributed by atoms with Crippen LogP contribution in [0.25, 0.3) is 0 Å². The molecule has 0 saturated carbocycles. The van der Waals surface area contributed by atoms with Crippen molar-refractivity contribution in [2.45, 2.75) is 26.1 Å². The lowest BCUT2D eigenvalue weighted by Crippen LogP contribution is -2.45. The molecule has 6 nitrogen and oxygen atoms in total. The number of rotatable bonds is 8. The van der Waals surface area contributed by atoms with Crippen molar-refractivity contribution in [1.82, 2.24) is 15.1 Å². The van der Waals surface area contributed by atoms with E-state index in [0.29, 0.717) is 5.56 Å². The summed E-state index contributed by atoms with van der Waals surface area (Å²) in [6, 6.07) is 26.8. The Morgan fingerprint density at radius 3 is 1.79 bits per heavy atom. The zero-order valence-corrected chi connectivity index (χ0v) is 19.6. The lowest BCUT2D eigenvalue weighted by molar-refractivity contribution is -0.117. The van der Waals surface area contributed by atoms with Crippen LogP contribution in [-0.2, 0) is 17.9 Å². The highest BCUT2D eigenvalue weighted by Crippen LogP contribution is 2.14. The van der Waals surface area contributed by atoms with Crippen molar-refractivity contribution in [2.24, 2.45) is 0 Å². The maximum Gasteiger partial charge on any atom is 0.251 e. The van der Waals surface area contributed by atoms with Crippen molar-refractivity contribution in [2.75, 3.05) is 31.5 Å². The molecule has 2 amide bonds. The lowest BCUT2D eigenvalue weighted by Gasteiger charge is -2.34. The van der Waals surface area contributed by atoms with Crippen LogP contribution >= 0.6 is 0 Å². The molecular weight excluding hydrogens is 424 g/mol. The molecule has 4 rings (SSSR count). The third kappa shape index (κ3) is 6.76. The molecule has 3 aromatic rings. The molecule has 176 valence electrons. The first-order valence-corrected chi connectivity index (χ1v) is 11.8. The Balaban J connectivity index is 1.21. The summed E-state index contributed by atoms with van der Waals surface area (Å²) in [5, 5.41) is 5.62. The maximum absolute atomic E-state index is 12.5. The van der Waals surface area contributed by atoms with Gasteiger partial charge in [0.1, 0.15) is 6.04 Å². The minimum Gasteiger partial charge on any atom is -0.341 e. The molecule has 0 bridgehead atoms. The van der Waals surface area contributed by atoms with Crippen LogP contribution < -0.4 is 10.6 Å². The summed E-state index contributed by atoms with van der Waals surface area (Å²) in [4.78, 5) is 29.7. The fourth-order valence-electron chi connectivity index (χ4n) is 4.08. The fourth-order valence-corrected chi connectivity index (χ4v) is 4.08. The lowest BCUT2D eigenvalue weighted by atomic mass is 10.1. The number of hydrogen-bond donors (Lipinski definition) is 2. The number of hydrogen-bond acceptors (Lipinski definition) is 4. The summed E-state index contributed by atoms with van der Waals surface area (Å²) < 4.78 is 0. The van der Waals surface area contributed by atoms with Gasteiger partial charge in [0.05, 0.1) is 0 Å². The number of nitrogens with zero attached hydrogens (tertiary/aromatic N) is 2. The molecule has 3 aromatic carbocycles. The normalized spacial score (nSPS) is 15.4. The molecule has 0 aromatic heterocycles. The summed E-state index contributed by atoms with van der Waals surface area (Å²) in [5.74, 6) is -0.506. The second kappa shape index (κ2) is 11.6. The van der Waals surface area contributed by atoms with Gasteiger partial charge in [-0.1, -0.05) is 60.7 Å². The van der Waals surface area contributed by atoms with Gasteiger partial charge in [0.2, 0.25) is 5.91 Å². The van der Waals surface area contributed by atoms with Gasteiger partial charge in [0.15, 0.2) is 0 Å². The zero-order valence-electron chi connectivity index (χ0n) is 19.6. The predicted molar refractivity (Wildman–Crippen MR) is 135 cm³/mol. The fraction of sp³-hybridized carbons (Fsp3) is 0.286. The average Bonchev–Trinajstić information content (AvgIpc) is 2.87. The van der Waals surface area contributed by atoms with E-state index in [1.165, 1.54) is 11.1 Å². The van der Waals surface area contributed by atoms with E-state index in [4.69, 9.17) is 0 Å². The third-order valence-electron chi connectivity index (χ3n) is 6.12. The van der Waals surface area contributed by atoms with Gasteiger partial charge in [0, 0.05) is 50.5 Å². The number of carbonyl (C=O) groups excluding carboxylic acids is 2. The van der Waals surface area contributed by atoms with Crippen LogP contribution in [0.15, 0.2) is 84.9 Å². The van der Waals surface area contributed by atoms with Crippen LogP contribution in [0, 0.1) is 0 Å². The Kier molecular flexibility index (Phi) is 8.07. The van der Waals surface area contributed by atoms with Crippen molar-refractivity contribution >= 4 is 17.5 Å². The van der Waals surface area contributed by atoms with Crippen LogP contribution in [0.1, 0.15) is 28.4 Å². The molecule has 1 atom stereocenters. The third-order valence-corrected chi connectivity index (χ3v) is 6.12. The van der Waals surface area contributed by atoms with Crippen LogP contribution in [0.3, 0.4) is 0 Å². The van der Waals surface area contributed by atoms with E-state index in [1.807, 2.05) is 18.2 Å². The SMILES string of the molecule is C[C@H](NC(=O)c1ccccc1)C(=O)Nc1ccc(CN2CCN(Cc3ccccc3)CC2)cc1. The Morgan fingerprint density at radius 1 is 0.735 bits per heavy atom. The highest BCUT2D eigenvalue weighted by molar-refractivity contribution is 6.00. The average molecular weight is 457 g/mol. The first-order valence-electron chi connectivity index (χ1n) is 11.8. The smallest absolute Gasteiger partial charge is 0.251 e. The van der Waals surface area contributed by atoms with Crippen LogP contribution in [0.5, 0.6) is 0 Å². The van der Waals surface area contributed by atoms with Gasteiger partial charge in [-0.15, -0.1) is 0 Å². The number of carbonyl (C=O) groups is 2. The number of piperazine rings is 1. The Bertz CT molecular complexity index is 1060. The highest BCUT2D eigenvalue weighted by atomic mass is 16.2. The quantitative estimate of drug-likeness (QED) is 0.542. The van der Waals surface area contributed by atoms with E-state index >= 15 is 0 Å². The van der Waals surface area contributed by atoms with Crippen LogP contribution in [-0.4, -0.2) is 53.8 Å². The van der Waals surface area contributed by atoms with Crippen LogP contribution in [0.2, 0.25) is 0 Å². The highest BCUT2D eigenvalue weighted by Gasteiger charge is 2.18. The van der Waals surface area contributed by atoms with E-state index in [9.17, 15) is 9.59 Å². The second-order valence-corrected chi connectivity index (χ2v) is 8.79. The van der Waals surface area contributed by atoms with Gasteiger partial charge in [-0.2, -0.15) is 0 Å². The van der Waals surface area contributed by atoms with Gasteiger partial charge in [-0.05, 0) is 42.3 Å². The predicted octanol–water partition coefficient (Wildman–Crippen LogP) is 3.76. The Hall–Kier alpha value is -3.48. The molecule has 6 heteroatoms. The minimum atomic E-state index is -0.639. The van der Waals surface area contributed by atoms with Crippen molar-refractivity contribution in [3.63, 3.8) is 0 Å². The van der Waals surface area contributed by atoms with Gasteiger partial charge >= 0.3 is 0 Å². The van der Waals surface area contributed by atoms with E-state index in [2.05, 4.69) is 62.9 Å². The molecule has 34 heavy (non-hydrogen) atoms. The maximum atomic E-state index is 12.5. The van der Waals surface area contributed by atoms with Gasteiger partial charge in [-0.3, -0.25) is 19.4 Å². The van der Waals surface area contributed by atoms with Gasteiger partial charge < -0.3 is 10.6 Å². The Morgan fingerprint density at radius 2 is 1.24 bits per heavy atom. The van der Waals surface area contributed by atoms with E-state index in [1.54, 1.807) is 31.2 Å². The van der Waals surface area contributed by atoms with E-state index < -0.39 is 6.04 Å². The molecule has 1 aliphatic rings. The number of anilines is 1. The summed E-state index contributed by atoms with van der Waals surface area (Å²) in [7, 11) is 0. The molecule has 0 radical (unpaired) electrons. The molecule has 0 spiro atoms. The first kappa shape index (κ1) is 23.7. The zero-order chi connectivity index (χ0) is 23.8. The van der Waals surface area contributed by atoms with Gasteiger partial charge in [-0.25, -0.2) is 0 Å². The minimum absolute atomic E-state index is 0.244. The molecule has 1 heterocycles. The van der Waals surface area contributed by atoms with Gasteiger partial charge in [0.25, 0.3) is 5.91 Å². The molecule has 1 saturated heterocycles. The molecule has 0 unspecified atom stereocenters. The standard InChI is InChI=1S/C28H32N4O2/c1-22(29-28(34)25-10-6-3-7-11-25)27(33)30-26-14-12-24(13-15-26)21-32-18-16-31(17-19-32)20-23-8-4-2-5-9-23/h2-15,22H,16-21H2,1H3,(H,29,34)(H,30,33)/t22-/m0/s1. The van der Waals surface area contributed by atoms with Crippen molar-refractivity contribution in [1.29, 1.82) is 0 Å². The summed E-state index contributed by atoms with van der Waals surface area (Å²) in [6.07, 6.45) is 0. The molecule has 1 fully saturated rings. The summed E-state index contributed by atoms with van der Waals surface area (Å²) >= 11 is 0. The molecular formula is C28H32N4O2.